The zero-order chi connectivity index (χ0) is 17.7. The summed E-state index contributed by atoms with van der Waals surface area (Å²) in [6.45, 7) is 1.77. The minimum atomic E-state index is -0.965. The zero-order valence-corrected chi connectivity index (χ0v) is 13.9. The van der Waals surface area contributed by atoms with Gasteiger partial charge in [0, 0.05) is 32.7 Å². The Morgan fingerprint density at radius 1 is 1.42 bits per heavy atom. The predicted octanol–water partition coefficient (Wildman–Crippen LogP) is 1.03. The Labute approximate surface area is 140 Å². The Balaban J connectivity index is 2.06. The van der Waals surface area contributed by atoms with Crippen LogP contribution in [0.25, 0.3) is 0 Å². The van der Waals surface area contributed by atoms with E-state index in [4.69, 9.17) is 4.74 Å². The molecule has 1 amide bonds. The van der Waals surface area contributed by atoms with Crippen molar-refractivity contribution in [2.45, 2.75) is 5.92 Å². The Kier molecular flexibility index (Phi) is 6.28. The molecule has 132 valence electrons. The van der Waals surface area contributed by atoms with Gasteiger partial charge in [0.15, 0.2) is 0 Å². The van der Waals surface area contributed by atoms with Crippen molar-refractivity contribution < 1.29 is 23.8 Å². The lowest BCUT2D eigenvalue weighted by molar-refractivity contribution is -0.141. The fraction of sp³-hybridized carbons (Fsp3) is 0.529. The van der Waals surface area contributed by atoms with Crippen LogP contribution in [0.5, 0.6) is 0 Å². The van der Waals surface area contributed by atoms with Crippen LogP contribution in [0.1, 0.15) is 11.5 Å². The number of carbonyl (C=O) groups is 2. The summed E-state index contributed by atoms with van der Waals surface area (Å²) in [5.41, 5.74) is 0.616. The van der Waals surface area contributed by atoms with Crippen LogP contribution >= 0.6 is 0 Å². The summed E-state index contributed by atoms with van der Waals surface area (Å²) in [6.07, 6.45) is 0. The summed E-state index contributed by atoms with van der Waals surface area (Å²) in [5.74, 6) is -2.61. The number of likely N-dealkylation sites (tertiary alicyclic amines) is 1. The average Bonchev–Trinajstić information content (AvgIpc) is 2.98. The van der Waals surface area contributed by atoms with Crippen LogP contribution in [0.2, 0.25) is 0 Å². The summed E-state index contributed by atoms with van der Waals surface area (Å²) in [4.78, 5) is 27.3. The molecule has 24 heavy (non-hydrogen) atoms. The SMILES string of the molecule is COCCN(C)CC(=O)N1C[C@H](C(=O)O)[C@@H](c2cccc(F)c2)C1. The molecule has 0 radical (unpaired) electrons. The summed E-state index contributed by atoms with van der Waals surface area (Å²) in [5, 5.41) is 9.45. The summed E-state index contributed by atoms with van der Waals surface area (Å²) in [6, 6.07) is 5.94. The molecule has 1 aliphatic heterocycles. The normalized spacial score (nSPS) is 20.6. The minimum Gasteiger partial charge on any atom is -0.481 e. The topological polar surface area (TPSA) is 70.1 Å². The Morgan fingerprint density at radius 3 is 2.79 bits per heavy atom. The minimum absolute atomic E-state index is 0.126. The molecule has 0 saturated carbocycles. The second-order valence-corrected chi connectivity index (χ2v) is 6.14. The third-order valence-electron chi connectivity index (χ3n) is 4.35. The number of nitrogens with zero attached hydrogens (tertiary/aromatic N) is 2. The fourth-order valence-corrected chi connectivity index (χ4v) is 2.99. The molecule has 1 aliphatic rings. The van der Waals surface area contributed by atoms with Gasteiger partial charge in [0.05, 0.1) is 19.1 Å². The van der Waals surface area contributed by atoms with Gasteiger partial charge in [-0.2, -0.15) is 0 Å². The van der Waals surface area contributed by atoms with Crippen molar-refractivity contribution in [1.29, 1.82) is 0 Å². The number of hydrogen-bond acceptors (Lipinski definition) is 4. The molecule has 0 unspecified atom stereocenters. The monoisotopic (exact) mass is 338 g/mol. The zero-order valence-electron chi connectivity index (χ0n) is 13.9. The van der Waals surface area contributed by atoms with Crippen LogP contribution in [0, 0.1) is 11.7 Å². The van der Waals surface area contributed by atoms with Crippen molar-refractivity contribution in [2.75, 3.05) is 46.9 Å². The van der Waals surface area contributed by atoms with Gasteiger partial charge >= 0.3 is 5.97 Å². The lowest BCUT2D eigenvalue weighted by Crippen LogP contribution is -2.39. The number of carboxylic acids is 1. The van der Waals surface area contributed by atoms with Crippen LogP contribution in [-0.4, -0.2) is 73.7 Å². The number of aliphatic carboxylic acids is 1. The third kappa shape index (κ3) is 4.52. The predicted molar refractivity (Wildman–Crippen MR) is 86.2 cm³/mol. The van der Waals surface area contributed by atoms with Crippen molar-refractivity contribution in [3.05, 3.63) is 35.6 Å². The molecule has 0 aromatic heterocycles. The van der Waals surface area contributed by atoms with Crippen LogP contribution < -0.4 is 0 Å². The van der Waals surface area contributed by atoms with Gasteiger partial charge in [0.1, 0.15) is 5.82 Å². The van der Waals surface area contributed by atoms with E-state index in [2.05, 4.69) is 0 Å². The third-order valence-corrected chi connectivity index (χ3v) is 4.35. The maximum Gasteiger partial charge on any atom is 0.308 e. The van der Waals surface area contributed by atoms with Gasteiger partial charge in [-0.3, -0.25) is 14.5 Å². The van der Waals surface area contributed by atoms with Gasteiger partial charge in [0.2, 0.25) is 5.91 Å². The molecule has 6 nitrogen and oxygen atoms in total. The number of rotatable bonds is 7. The molecule has 2 rings (SSSR count). The van der Waals surface area contributed by atoms with Gasteiger partial charge in [-0.1, -0.05) is 12.1 Å². The summed E-state index contributed by atoms with van der Waals surface area (Å²) >= 11 is 0. The number of carbonyl (C=O) groups excluding carboxylic acids is 1. The van der Waals surface area contributed by atoms with E-state index >= 15 is 0 Å². The average molecular weight is 338 g/mol. The van der Waals surface area contributed by atoms with E-state index in [0.717, 1.165) is 0 Å². The van der Waals surface area contributed by atoms with Crippen LogP contribution in [-0.2, 0) is 14.3 Å². The maximum absolute atomic E-state index is 13.4. The molecular formula is C17H23FN2O4. The lowest BCUT2D eigenvalue weighted by atomic mass is 9.89. The van der Waals surface area contributed by atoms with Gasteiger partial charge in [-0.15, -0.1) is 0 Å². The number of amides is 1. The molecule has 1 saturated heterocycles. The first kappa shape index (κ1) is 18.4. The summed E-state index contributed by atoms with van der Waals surface area (Å²) in [7, 11) is 3.41. The molecule has 2 atom stereocenters. The van der Waals surface area contributed by atoms with Gasteiger partial charge < -0.3 is 14.7 Å². The van der Waals surface area contributed by atoms with Crippen molar-refractivity contribution in [2.24, 2.45) is 5.92 Å². The number of carboxylic acid groups (broad SMARTS) is 1. The first-order valence-electron chi connectivity index (χ1n) is 7.86. The molecule has 1 aromatic rings. The maximum atomic E-state index is 13.4. The highest BCUT2D eigenvalue weighted by molar-refractivity contribution is 5.81. The second kappa shape index (κ2) is 8.21. The van der Waals surface area contributed by atoms with E-state index in [-0.39, 0.29) is 25.5 Å². The van der Waals surface area contributed by atoms with Gasteiger partial charge in [-0.05, 0) is 24.7 Å². The van der Waals surface area contributed by atoms with E-state index in [1.807, 2.05) is 11.9 Å². The Bertz CT molecular complexity index is 596. The smallest absolute Gasteiger partial charge is 0.308 e. The number of ether oxygens (including phenoxy) is 1. The molecule has 1 fully saturated rings. The van der Waals surface area contributed by atoms with E-state index in [0.29, 0.717) is 18.7 Å². The highest BCUT2D eigenvalue weighted by Crippen LogP contribution is 2.33. The van der Waals surface area contributed by atoms with Gasteiger partial charge in [-0.25, -0.2) is 4.39 Å². The quantitative estimate of drug-likeness (QED) is 0.804. The summed E-state index contributed by atoms with van der Waals surface area (Å²) < 4.78 is 18.4. The number of hydrogen-bond donors (Lipinski definition) is 1. The van der Waals surface area contributed by atoms with Crippen LogP contribution in [0.4, 0.5) is 4.39 Å². The second-order valence-electron chi connectivity index (χ2n) is 6.14. The van der Waals surface area contributed by atoms with E-state index < -0.39 is 23.6 Å². The van der Waals surface area contributed by atoms with Crippen LogP contribution in [0.15, 0.2) is 24.3 Å². The number of halogens is 1. The largest absolute Gasteiger partial charge is 0.481 e. The molecular weight excluding hydrogens is 315 g/mol. The Morgan fingerprint density at radius 2 is 2.17 bits per heavy atom. The van der Waals surface area contributed by atoms with Gasteiger partial charge in [0.25, 0.3) is 0 Å². The Hall–Kier alpha value is -1.99. The van der Waals surface area contributed by atoms with Crippen molar-refractivity contribution in [3.8, 4) is 0 Å². The van der Waals surface area contributed by atoms with E-state index in [1.165, 1.54) is 12.1 Å². The molecule has 0 bridgehead atoms. The number of likely N-dealkylation sites (N-methyl/N-ethyl adjacent to an activating group) is 1. The standard InChI is InChI=1S/C17H23FN2O4/c1-19(6-7-24-2)11-16(21)20-9-14(15(10-20)17(22)23)12-4-3-5-13(18)8-12/h3-5,8,14-15H,6-7,9-11H2,1-2H3,(H,22,23)/t14-,15+/m1/s1. The molecule has 1 aromatic carbocycles. The number of benzene rings is 1. The molecule has 0 aliphatic carbocycles. The lowest BCUT2D eigenvalue weighted by Gasteiger charge is -2.21. The van der Waals surface area contributed by atoms with Crippen molar-refractivity contribution in [1.82, 2.24) is 9.80 Å². The van der Waals surface area contributed by atoms with Crippen molar-refractivity contribution >= 4 is 11.9 Å². The highest BCUT2D eigenvalue weighted by atomic mass is 19.1. The molecule has 1 heterocycles. The van der Waals surface area contributed by atoms with Crippen LogP contribution in [0.3, 0.4) is 0 Å². The number of methoxy groups -OCH3 is 1. The first-order chi connectivity index (χ1) is 11.4. The van der Waals surface area contributed by atoms with E-state index in [9.17, 15) is 19.1 Å². The molecule has 0 spiro atoms. The van der Waals surface area contributed by atoms with E-state index in [1.54, 1.807) is 24.1 Å². The fourth-order valence-electron chi connectivity index (χ4n) is 2.99. The molecule has 7 heteroatoms. The van der Waals surface area contributed by atoms with Crippen molar-refractivity contribution in [3.63, 3.8) is 0 Å². The first-order valence-corrected chi connectivity index (χ1v) is 7.86. The molecule has 1 N–H and O–H groups in total. The highest BCUT2D eigenvalue weighted by Gasteiger charge is 2.40.